The zero-order chi connectivity index (χ0) is 23.4. The maximum absolute atomic E-state index is 13.0. The molecule has 0 spiro atoms. The van der Waals surface area contributed by atoms with Crippen LogP contribution >= 0.6 is 23.2 Å². The van der Waals surface area contributed by atoms with Gasteiger partial charge in [-0.25, -0.2) is 0 Å². The molecular formula is C23H18Cl2N2O5. The number of nitriles is 1. The Labute approximate surface area is 194 Å². The van der Waals surface area contributed by atoms with E-state index >= 15 is 0 Å². The number of esters is 1. The van der Waals surface area contributed by atoms with Crippen molar-refractivity contribution in [2.24, 2.45) is 0 Å². The molecule has 0 saturated carbocycles. The van der Waals surface area contributed by atoms with Crippen LogP contribution < -0.4 is 0 Å². The summed E-state index contributed by atoms with van der Waals surface area (Å²) in [5.74, 6) is -0.811. The molecule has 2 amide bonds. The normalized spacial score (nSPS) is 15.3. The molecule has 3 rings (SSSR count). The van der Waals surface area contributed by atoms with Gasteiger partial charge in [-0.2, -0.15) is 5.26 Å². The topological polar surface area (TPSA) is 101 Å². The van der Waals surface area contributed by atoms with E-state index in [2.05, 4.69) is 0 Å². The number of amides is 2. The molecule has 1 aromatic carbocycles. The van der Waals surface area contributed by atoms with Crippen LogP contribution in [-0.2, 0) is 19.1 Å². The van der Waals surface area contributed by atoms with Crippen LogP contribution in [0.3, 0.4) is 0 Å². The first-order valence-corrected chi connectivity index (χ1v) is 10.4. The van der Waals surface area contributed by atoms with Gasteiger partial charge in [-0.15, -0.1) is 0 Å². The number of nitrogens with zero attached hydrogens (tertiary/aromatic N) is 2. The first-order valence-electron chi connectivity index (χ1n) is 9.60. The molecule has 164 valence electrons. The van der Waals surface area contributed by atoms with Gasteiger partial charge in [-0.1, -0.05) is 23.2 Å². The number of carbonyl (C=O) groups is 3. The molecule has 7 nitrogen and oxygen atoms in total. The zero-order valence-corrected chi connectivity index (χ0v) is 18.8. The minimum atomic E-state index is -0.675. The van der Waals surface area contributed by atoms with Crippen molar-refractivity contribution in [3.8, 4) is 17.4 Å². The van der Waals surface area contributed by atoms with Crippen molar-refractivity contribution >= 4 is 47.1 Å². The zero-order valence-electron chi connectivity index (χ0n) is 17.3. The van der Waals surface area contributed by atoms with Crippen LogP contribution in [0.4, 0.5) is 0 Å². The highest BCUT2D eigenvalue weighted by Crippen LogP contribution is 2.32. The molecule has 0 aliphatic carbocycles. The molecule has 9 heteroatoms. The van der Waals surface area contributed by atoms with E-state index in [1.165, 1.54) is 13.0 Å². The summed E-state index contributed by atoms with van der Waals surface area (Å²) in [6.07, 6.45) is 1.74. The van der Waals surface area contributed by atoms with Gasteiger partial charge in [0.1, 0.15) is 23.2 Å². The Morgan fingerprint density at radius 3 is 2.59 bits per heavy atom. The summed E-state index contributed by atoms with van der Waals surface area (Å²) < 4.78 is 10.7. The van der Waals surface area contributed by atoms with Gasteiger partial charge in [0.2, 0.25) is 0 Å². The van der Waals surface area contributed by atoms with Crippen LogP contribution in [0.25, 0.3) is 17.4 Å². The summed E-state index contributed by atoms with van der Waals surface area (Å²) in [6.45, 7) is 2.88. The number of ether oxygens (including phenoxy) is 1. The summed E-state index contributed by atoms with van der Waals surface area (Å²) in [7, 11) is 0. The second-order valence-corrected chi connectivity index (χ2v) is 7.77. The number of benzene rings is 1. The van der Waals surface area contributed by atoms with Crippen molar-refractivity contribution in [2.45, 2.75) is 20.3 Å². The van der Waals surface area contributed by atoms with Gasteiger partial charge in [-0.05, 0) is 55.3 Å². The van der Waals surface area contributed by atoms with Crippen molar-refractivity contribution < 1.29 is 23.5 Å². The Kier molecular flexibility index (Phi) is 7.18. The lowest BCUT2D eigenvalue weighted by atomic mass is 9.94. The summed E-state index contributed by atoms with van der Waals surface area (Å²) in [4.78, 5) is 37.5. The van der Waals surface area contributed by atoms with E-state index in [4.69, 9.17) is 32.4 Å². The average Bonchev–Trinajstić information content (AvgIpc) is 3.21. The molecule has 0 bridgehead atoms. The SMILES string of the molecule is CC(=O)OCCCN1C(=O)C(C#N)=C(C)/C(=C\c2ccc(-c3ccc(Cl)c(Cl)c3)o2)C1=O. The molecule has 1 aromatic heterocycles. The molecular weight excluding hydrogens is 455 g/mol. The van der Waals surface area contributed by atoms with E-state index in [0.717, 1.165) is 4.90 Å². The number of furan rings is 1. The minimum Gasteiger partial charge on any atom is -0.466 e. The molecule has 2 aromatic rings. The van der Waals surface area contributed by atoms with Crippen molar-refractivity contribution in [3.05, 3.63) is 62.9 Å². The van der Waals surface area contributed by atoms with Crippen LogP contribution in [0, 0.1) is 11.3 Å². The van der Waals surface area contributed by atoms with Gasteiger partial charge in [0, 0.05) is 24.6 Å². The van der Waals surface area contributed by atoms with E-state index in [1.54, 1.807) is 37.3 Å². The van der Waals surface area contributed by atoms with Crippen molar-refractivity contribution in [2.75, 3.05) is 13.2 Å². The van der Waals surface area contributed by atoms with Crippen LogP contribution in [-0.4, -0.2) is 35.8 Å². The third-order valence-electron chi connectivity index (χ3n) is 4.77. The third kappa shape index (κ3) is 4.93. The summed E-state index contributed by atoms with van der Waals surface area (Å²) in [5, 5.41) is 10.3. The summed E-state index contributed by atoms with van der Waals surface area (Å²) in [5.41, 5.74) is 1.01. The van der Waals surface area contributed by atoms with E-state index in [1.807, 2.05) is 6.07 Å². The van der Waals surface area contributed by atoms with Crippen molar-refractivity contribution in [1.29, 1.82) is 5.26 Å². The van der Waals surface area contributed by atoms with E-state index in [9.17, 15) is 19.6 Å². The predicted octanol–water partition coefficient (Wildman–Crippen LogP) is 4.80. The number of imide groups is 1. The monoisotopic (exact) mass is 472 g/mol. The second-order valence-electron chi connectivity index (χ2n) is 6.96. The fourth-order valence-corrected chi connectivity index (χ4v) is 3.45. The molecule has 0 fully saturated rings. The van der Waals surface area contributed by atoms with E-state index < -0.39 is 17.8 Å². The van der Waals surface area contributed by atoms with Gasteiger partial charge >= 0.3 is 5.97 Å². The van der Waals surface area contributed by atoms with Crippen LogP contribution in [0.2, 0.25) is 10.0 Å². The maximum atomic E-state index is 13.0. The highest BCUT2D eigenvalue weighted by atomic mass is 35.5. The Bertz CT molecular complexity index is 1200. The molecule has 2 heterocycles. The predicted molar refractivity (Wildman–Crippen MR) is 118 cm³/mol. The van der Waals surface area contributed by atoms with E-state index in [0.29, 0.717) is 27.1 Å². The first-order chi connectivity index (χ1) is 15.2. The van der Waals surface area contributed by atoms with Crippen LogP contribution in [0.1, 0.15) is 26.0 Å². The lowest BCUT2D eigenvalue weighted by Gasteiger charge is -2.27. The van der Waals surface area contributed by atoms with Gasteiger partial charge < -0.3 is 9.15 Å². The summed E-state index contributed by atoms with van der Waals surface area (Å²) in [6, 6.07) is 10.3. The smallest absolute Gasteiger partial charge is 0.302 e. The number of halogens is 2. The van der Waals surface area contributed by atoms with Crippen LogP contribution in [0.15, 0.2) is 51.5 Å². The lowest BCUT2D eigenvalue weighted by molar-refractivity contribution is -0.141. The highest BCUT2D eigenvalue weighted by Gasteiger charge is 2.35. The number of hydrogen-bond acceptors (Lipinski definition) is 6. The Morgan fingerprint density at radius 2 is 1.94 bits per heavy atom. The minimum absolute atomic E-state index is 0.00737. The van der Waals surface area contributed by atoms with Gasteiger partial charge in [-0.3, -0.25) is 19.3 Å². The van der Waals surface area contributed by atoms with Crippen LogP contribution in [0.5, 0.6) is 0 Å². The molecule has 0 radical (unpaired) electrons. The average molecular weight is 473 g/mol. The lowest BCUT2D eigenvalue weighted by Crippen LogP contribution is -2.43. The standard InChI is InChI=1S/C23H18Cl2N2O5/c1-13-17(11-16-5-7-21(32-16)15-4-6-19(24)20(25)10-15)22(29)27(23(30)18(13)12-26)8-3-9-31-14(2)28/h4-7,10-11H,3,8-9H2,1-2H3/b17-11+. The number of rotatable bonds is 6. The van der Waals surface area contributed by atoms with Gasteiger partial charge in [0.15, 0.2) is 0 Å². The Hall–Kier alpha value is -3.34. The second kappa shape index (κ2) is 9.86. The number of hydrogen-bond donors (Lipinski definition) is 0. The molecule has 0 unspecified atom stereocenters. The highest BCUT2D eigenvalue weighted by molar-refractivity contribution is 6.42. The van der Waals surface area contributed by atoms with Gasteiger partial charge in [0.25, 0.3) is 11.8 Å². The maximum Gasteiger partial charge on any atom is 0.302 e. The molecule has 0 N–H and O–H groups in total. The Morgan fingerprint density at radius 1 is 1.19 bits per heavy atom. The largest absolute Gasteiger partial charge is 0.466 e. The first kappa shape index (κ1) is 23.3. The van der Waals surface area contributed by atoms with E-state index in [-0.39, 0.29) is 36.3 Å². The van der Waals surface area contributed by atoms with Gasteiger partial charge in [0.05, 0.1) is 16.7 Å². The molecule has 0 saturated heterocycles. The fraction of sp³-hybridized carbons (Fsp3) is 0.217. The molecule has 0 atom stereocenters. The third-order valence-corrected chi connectivity index (χ3v) is 5.51. The van der Waals surface area contributed by atoms with Crippen molar-refractivity contribution in [3.63, 3.8) is 0 Å². The Balaban J connectivity index is 1.90. The number of carbonyl (C=O) groups excluding carboxylic acids is 3. The fourth-order valence-electron chi connectivity index (χ4n) is 3.15. The molecule has 1 aliphatic heterocycles. The van der Waals surface area contributed by atoms with Crippen molar-refractivity contribution in [1.82, 2.24) is 4.90 Å². The molecule has 32 heavy (non-hydrogen) atoms. The summed E-state index contributed by atoms with van der Waals surface area (Å²) >= 11 is 12.0. The molecule has 1 aliphatic rings. The quantitative estimate of drug-likeness (QED) is 0.259.